The minimum Gasteiger partial charge on any atom is -0.481 e. The van der Waals surface area contributed by atoms with Gasteiger partial charge in [0, 0.05) is 17.9 Å². The van der Waals surface area contributed by atoms with Crippen molar-refractivity contribution in [2.45, 2.75) is 44.6 Å². The minimum atomic E-state index is -0.292. The van der Waals surface area contributed by atoms with Crippen molar-refractivity contribution in [3.8, 4) is 5.75 Å². The van der Waals surface area contributed by atoms with Gasteiger partial charge in [-0.25, -0.2) is 0 Å². The number of hydrogen-bond donors (Lipinski definition) is 0. The van der Waals surface area contributed by atoms with Crippen LogP contribution in [-0.4, -0.2) is 15.9 Å². The fourth-order valence-electron chi connectivity index (χ4n) is 2.68. The van der Waals surface area contributed by atoms with E-state index in [1.165, 1.54) is 0 Å². The molecule has 0 spiro atoms. The summed E-state index contributed by atoms with van der Waals surface area (Å²) in [6, 6.07) is 5.61. The second kappa shape index (κ2) is 4.69. The monoisotopic (exact) mass is 284 g/mol. The normalized spacial score (nSPS) is 18.6. The topological polar surface area (TPSA) is 65.2 Å². The molecule has 2 aliphatic rings. The molecule has 108 valence electrons. The average Bonchev–Trinajstić information content (AvgIpc) is 3.10. The number of rotatable bonds is 4. The SMILES string of the molecule is C[C@H](Oc1ccc2c(c1)CCC2=O)c1nc(C2CC2)no1. The highest BCUT2D eigenvalue weighted by Gasteiger charge is 2.30. The highest BCUT2D eigenvalue weighted by molar-refractivity contribution is 6.00. The zero-order valence-electron chi connectivity index (χ0n) is 11.8. The van der Waals surface area contributed by atoms with E-state index in [0.717, 1.165) is 42.0 Å². The molecule has 0 bridgehead atoms. The van der Waals surface area contributed by atoms with E-state index >= 15 is 0 Å². The summed E-state index contributed by atoms with van der Waals surface area (Å²) in [4.78, 5) is 16.0. The maximum Gasteiger partial charge on any atom is 0.267 e. The van der Waals surface area contributed by atoms with Gasteiger partial charge in [0.05, 0.1) is 0 Å². The molecule has 1 aromatic heterocycles. The predicted molar refractivity (Wildman–Crippen MR) is 74.4 cm³/mol. The fraction of sp³-hybridized carbons (Fsp3) is 0.438. The van der Waals surface area contributed by atoms with Crippen LogP contribution in [0, 0.1) is 0 Å². The molecule has 1 saturated carbocycles. The van der Waals surface area contributed by atoms with Gasteiger partial charge in [-0.2, -0.15) is 4.98 Å². The van der Waals surface area contributed by atoms with Crippen molar-refractivity contribution in [2.24, 2.45) is 0 Å². The quantitative estimate of drug-likeness (QED) is 0.862. The number of nitrogens with zero attached hydrogens (tertiary/aromatic N) is 2. The van der Waals surface area contributed by atoms with Crippen molar-refractivity contribution in [3.05, 3.63) is 41.0 Å². The van der Waals surface area contributed by atoms with Gasteiger partial charge in [-0.05, 0) is 49.9 Å². The van der Waals surface area contributed by atoms with Gasteiger partial charge in [0.1, 0.15) is 5.75 Å². The van der Waals surface area contributed by atoms with Gasteiger partial charge in [-0.1, -0.05) is 5.16 Å². The summed E-state index contributed by atoms with van der Waals surface area (Å²) in [5.74, 6) is 2.73. The Labute approximate surface area is 122 Å². The van der Waals surface area contributed by atoms with Crippen LogP contribution in [0.5, 0.6) is 5.75 Å². The number of ketones is 1. The highest BCUT2D eigenvalue weighted by Crippen LogP contribution is 2.38. The lowest BCUT2D eigenvalue weighted by atomic mass is 10.1. The van der Waals surface area contributed by atoms with E-state index in [4.69, 9.17) is 9.26 Å². The van der Waals surface area contributed by atoms with Gasteiger partial charge >= 0.3 is 0 Å². The lowest BCUT2D eigenvalue weighted by Gasteiger charge is -2.11. The van der Waals surface area contributed by atoms with Gasteiger partial charge in [0.25, 0.3) is 5.89 Å². The number of carbonyl (C=O) groups is 1. The molecule has 5 nitrogen and oxygen atoms in total. The molecule has 1 fully saturated rings. The summed E-state index contributed by atoms with van der Waals surface area (Å²) in [6.07, 6.45) is 3.40. The molecule has 2 aromatic rings. The number of Topliss-reactive ketones (excluding diaryl/α,β-unsaturated/α-hetero) is 1. The van der Waals surface area contributed by atoms with Crippen LogP contribution in [0.3, 0.4) is 0 Å². The molecule has 0 radical (unpaired) electrons. The van der Waals surface area contributed by atoms with E-state index in [1.54, 1.807) is 0 Å². The first-order valence-electron chi connectivity index (χ1n) is 7.37. The van der Waals surface area contributed by atoms with Crippen LogP contribution in [0.4, 0.5) is 0 Å². The molecule has 1 heterocycles. The Hall–Kier alpha value is -2.17. The van der Waals surface area contributed by atoms with Crippen molar-refractivity contribution in [1.82, 2.24) is 10.1 Å². The molecular weight excluding hydrogens is 268 g/mol. The van der Waals surface area contributed by atoms with Crippen LogP contribution in [0.2, 0.25) is 0 Å². The minimum absolute atomic E-state index is 0.218. The molecule has 0 aliphatic heterocycles. The van der Waals surface area contributed by atoms with E-state index in [2.05, 4.69) is 10.1 Å². The Kier molecular flexibility index (Phi) is 2.80. The number of carbonyl (C=O) groups excluding carboxylic acids is 1. The number of benzene rings is 1. The van der Waals surface area contributed by atoms with Gasteiger partial charge in [0.15, 0.2) is 17.7 Å². The third-order valence-corrected chi connectivity index (χ3v) is 4.06. The van der Waals surface area contributed by atoms with Crippen molar-refractivity contribution in [2.75, 3.05) is 0 Å². The van der Waals surface area contributed by atoms with Gasteiger partial charge in [-0.3, -0.25) is 4.79 Å². The second-order valence-electron chi connectivity index (χ2n) is 5.77. The highest BCUT2D eigenvalue weighted by atomic mass is 16.5. The van der Waals surface area contributed by atoms with E-state index in [0.29, 0.717) is 18.2 Å². The zero-order chi connectivity index (χ0) is 14.4. The van der Waals surface area contributed by atoms with Crippen LogP contribution in [0.15, 0.2) is 22.7 Å². The molecule has 4 rings (SSSR count). The van der Waals surface area contributed by atoms with Crippen molar-refractivity contribution in [1.29, 1.82) is 0 Å². The predicted octanol–water partition coefficient (Wildman–Crippen LogP) is 3.22. The number of fused-ring (bicyclic) bond motifs is 1. The van der Waals surface area contributed by atoms with Crippen molar-refractivity contribution >= 4 is 5.78 Å². The molecule has 5 heteroatoms. The number of hydrogen-bond acceptors (Lipinski definition) is 5. The van der Waals surface area contributed by atoms with Gasteiger partial charge in [-0.15, -0.1) is 0 Å². The Morgan fingerprint density at radius 2 is 2.19 bits per heavy atom. The van der Waals surface area contributed by atoms with E-state index < -0.39 is 0 Å². The summed E-state index contributed by atoms with van der Waals surface area (Å²) >= 11 is 0. The maximum atomic E-state index is 11.6. The van der Waals surface area contributed by atoms with Gasteiger partial charge < -0.3 is 9.26 Å². The smallest absolute Gasteiger partial charge is 0.267 e. The molecule has 0 saturated heterocycles. The number of aryl methyl sites for hydroxylation is 1. The first-order valence-corrected chi connectivity index (χ1v) is 7.37. The summed E-state index contributed by atoms with van der Waals surface area (Å²) in [5, 5.41) is 4.00. The number of aromatic nitrogens is 2. The largest absolute Gasteiger partial charge is 0.481 e. The van der Waals surface area contributed by atoms with Crippen LogP contribution in [-0.2, 0) is 6.42 Å². The fourth-order valence-corrected chi connectivity index (χ4v) is 2.68. The summed E-state index contributed by atoms with van der Waals surface area (Å²) in [7, 11) is 0. The molecule has 0 N–H and O–H groups in total. The Bertz CT molecular complexity index is 703. The molecule has 1 atom stereocenters. The second-order valence-corrected chi connectivity index (χ2v) is 5.77. The number of ether oxygens (including phenoxy) is 1. The summed E-state index contributed by atoms with van der Waals surface area (Å²) < 4.78 is 11.1. The summed E-state index contributed by atoms with van der Waals surface area (Å²) in [5.41, 5.74) is 1.89. The average molecular weight is 284 g/mol. The van der Waals surface area contributed by atoms with Crippen molar-refractivity contribution in [3.63, 3.8) is 0 Å². The molecule has 0 amide bonds. The lowest BCUT2D eigenvalue weighted by Crippen LogP contribution is -2.04. The Morgan fingerprint density at radius 1 is 1.33 bits per heavy atom. The lowest BCUT2D eigenvalue weighted by molar-refractivity contribution is 0.0994. The van der Waals surface area contributed by atoms with E-state index in [9.17, 15) is 4.79 Å². The third-order valence-electron chi connectivity index (χ3n) is 4.06. The Balaban J connectivity index is 1.50. The summed E-state index contributed by atoms with van der Waals surface area (Å²) in [6.45, 7) is 1.89. The van der Waals surface area contributed by atoms with E-state index in [1.807, 2.05) is 25.1 Å². The standard InChI is InChI=1S/C16H16N2O3/c1-9(16-17-15(18-21-16)10-2-3-10)20-12-5-6-13-11(8-12)4-7-14(13)19/h5-6,8-10H,2-4,7H2,1H3/t9-/m0/s1. The van der Waals surface area contributed by atoms with Crippen LogP contribution in [0.25, 0.3) is 0 Å². The molecular formula is C16H16N2O3. The van der Waals surface area contributed by atoms with Crippen LogP contribution >= 0.6 is 0 Å². The molecule has 2 aliphatic carbocycles. The molecule has 21 heavy (non-hydrogen) atoms. The first-order chi connectivity index (χ1) is 10.2. The molecule has 0 unspecified atom stereocenters. The van der Waals surface area contributed by atoms with Crippen LogP contribution < -0.4 is 4.74 Å². The Morgan fingerprint density at radius 3 is 3.00 bits per heavy atom. The molecule has 1 aromatic carbocycles. The first kappa shape index (κ1) is 12.6. The van der Waals surface area contributed by atoms with Crippen LogP contribution in [0.1, 0.15) is 65.8 Å². The zero-order valence-corrected chi connectivity index (χ0v) is 11.8. The maximum absolute atomic E-state index is 11.6. The van der Waals surface area contributed by atoms with E-state index in [-0.39, 0.29) is 11.9 Å². The van der Waals surface area contributed by atoms with Crippen molar-refractivity contribution < 1.29 is 14.1 Å². The van der Waals surface area contributed by atoms with Gasteiger partial charge in [0.2, 0.25) is 0 Å². The third kappa shape index (κ3) is 2.33.